The summed E-state index contributed by atoms with van der Waals surface area (Å²) in [7, 11) is 1.59. The summed E-state index contributed by atoms with van der Waals surface area (Å²) in [6.45, 7) is 6.64. The van der Waals surface area contributed by atoms with Crippen molar-refractivity contribution < 1.29 is 4.74 Å². The summed E-state index contributed by atoms with van der Waals surface area (Å²) in [4.78, 5) is 0. The molecule has 134 valence electrons. The first-order valence-corrected chi connectivity index (χ1v) is 9.07. The van der Waals surface area contributed by atoms with Crippen molar-refractivity contribution in [1.82, 2.24) is 5.32 Å². The number of ether oxygens (including phenoxy) is 1. The maximum Gasteiger partial charge on any atom is 0.170 e. The Kier molecular flexibility index (Phi) is 6.68. The van der Waals surface area contributed by atoms with E-state index in [0.717, 1.165) is 12.1 Å². The number of anilines is 1. The van der Waals surface area contributed by atoms with Crippen LogP contribution in [0.25, 0.3) is 0 Å². The van der Waals surface area contributed by atoms with Gasteiger partial charge < -0.3 is 15.4 Å². The first kappa shape index (κ1) is 19.5. The Morgan fingerprint density at radius 2 is 1.88 bits per heavy atom. The highest BCUT2D eigenvalue weighted by Crippen LogP contribution is 2.29. The number of hydrogen-bond donors (Lipinski definition) is 2. The number of nitrogens with one attached hydrogen (secondary N) is 2. The lowest BCUT2D eigenvalue weighted by Gasteiger charge is -2.29. The minimum absolute atomic E-state index is 0.0622. The third-order valence-corrected chi connectivity index (χ3v) is 4.67. The molecular formula is C20H25ClN2OS. The van der Waals surface area contributed by atoms with E-state index in [9.17, 15) is 0 Å². The molecule has 0 bridgehead atoms. The van der Waals surface area contributed by atoms with Gasteiger partial charge in [0.25, 0.3) is 0 Å². The predicted molar refractivity (Wildman–Crippen MR) is 111 cm³/mol. The quantitative estimate of drug-likeness (QED) is 0.662. The monoisotopic (exact) mass is 376 g/mol. The molecular weight excluding hydrogens is 352 g/mol. The molecule has 0 aliphatic carbocycles. The molecule has 0 unspecified atom stereocenters. The molecule has 0 saturated carbocycles. The second kappa shape index (κ2) is 8.54. The van der Waals surface area contributed by atoms with Crippen LogP contribution in [0.15, 0.2) is 48.5 Å². The molecule has 0 aliphatic rings. The molecule has 0 aromatic heterocycles. The zero-order valence-electron chi connectivity index (χ0n) is 15.1. The zero-order chi connectivity index (χ0) is 18.4. The van der Waals surface area contributed by atoms with Crippen LogP contribution in [0.4, 0.5) is 5.69 Å². The Morgan fingerprint density at radius 1 is 1.20 bits per heavy atom. The lowest BCUT2D eigenvalue weighted by Crippen LogP contribution is -2.39. The van der Waals surface area contributed by atoms with Crippen LogP contribution in [0.3, 0.4) is 0 Å². The SMILES string of the molecule is COc1ccc(NC(=S)N[C@H](C)CC(C)(C)c2ccccc2)cc1Cl. The summed E-state index contributed by atoms with van der Waals surface area (Å²) < 4.78 is 5.16. The van der Waals surface area contributed by atoms with E-state index >= 15 is 0 Å². The average Bonchev–Trinajstić information content (AvgIpc) is 2.55. The Labute approximate surface area is 160 Å². The van der Waals surface area contributed by atoms with Gasteiger partial charge in [0.2, 0.25) is 0 Å². The molecule has 25 heavy (non-hydrogen) atoms. The van der Waals surface area contributed by atoms with E-state index in [1.807, 2.05) is 18.2 Å². The summed E-state index contributed by atoms with van der Waals surface area (Å²) in [6, 6.07) is 16.3. The molecule has 2 rings (SSSR count). The third kappa shape index (κ3) is 5.62. The van der Waals surface area contributed by atoms with Gasteiger partial charge in [0.15, 0.2) is 5.11 Å². The topological polar surface area (TPSA) is 33.3 Å². The van der Waals surface area contributed by atoms with Gasteiger partial charge in [-0.2, -0.15) is 0 Å². The van der Waals surface area contributed by atoms with Gasteiger partial charge in [-0.25, -0.2) is 0 Å². The highest BCUT2D eigenvalue weighted by Gasteiger charge is 2.23. The highest BCUT2D eigenvalue weighted by atomic mass is 35.5. The van der Waals surface area contributed by atoms with E-state index in [2.05, 4.69) is 55.7 Å². The molecule has 2 aromatic carbocycles. The van der Waals surface area contributed by atoms with Gasteiger partial charge in [0, 0.05) is 11.7 Å². The lowest BCUT2D eigenvalue weighted by molar-refractivity contribution is 0.415. The fraction of sp³-hybridized carbons (Fsp3) is 0.350. The summed E-state index contributed by atoms with van der Waals surface area (Å²) in [6.07, 6.45) is 0.961. The average molecular weight is 377 g/mol. The Hall–Kier alpha value is -1.78. The standard InChI is InChI=1S/C20H25ClN2OS/c1-14(13-20(2,3)15-8-6-5-7-9-15)22-19(25)23-16-10-11-18(24-4)17(21)12-16/h5-12,14H,13H2,1-4H3,(H2,22,23,25)/t14-/m1/s1. The van der Waals surface area contributed by atoms with Crippen LogP contribution in [-0.2, 0) is 5.41 Å². The van der Waals surface area contributed by atoms with E-state index in [1.165, 1.54) is 5.56 Å². The van der Waals surface area contributed by atoms with E-state index < -0.39 is 0 Å². The van der Waals surface area contributed by atoms with Crippen molar-refractivity contribution in [2.24, 2.45) is 0 Å². The van der Waals surface area contributed by atoms with Crippen molar-refractivity contribution in [3.05, 3.63) is 59.1 Å². The number of halogens is 1. The highest BCUT2D eigenvalue weighted by molar-refractivity contribution is 7.80. The predicted octanol–water partition coefficient (Wildman–Crippen LogP) is 5.39. The van der Waals surface area contributed by atoms with Crippen LogP contribution in [0.2, 0.25) is 5.02 Å². The van der Waals surface area contributed by atoms with Gasteiger partial charge in [-0.05, 0) is 54.7 Å². The van der Waals surface area contributed by atoms with Crippen molar-refractivity contribution in [2.45, 2.75) is 38.6 Å². The first-order valence-electron chi connectivity index (χ1n) is 8.28. The molecule has 0 spiro atoms. The second-order valence-electron chi connectivity index (χ2n) is 6.80. The molecule has 0 heterocycles. The molecule has 0 aliphatic heterocycles. The van der Waals surface area contributed by atoms with Crippen LogP contribution in [-0.4, -0.2) is 18.3 Å². The number of hydrogen-bond acceptors (Lipinski definition) is 2. The first-order chi connectivity index (χ1) is 11.8. The van der Waals surface area contributed by atoms with E-state index in [4.69, 9.17) is 28.6 Å². The Morgan fingerprint density at radius 3 is 2.48 bits per heavy atom. The summed E-state index contributed by atoms with van der Waals surface area (Å²) >= 11 is 11.6. The maximum absolute atomic E-state index is 6.14. The van der Waals surface area contributed by atoms with Gasteiger partial charge in [0.1, 0.15) is 5.75 Å². The van der Waals surface area contributed by atoms with Crippen molar-refractivity contribution >= 4 is 34.6 Å². The van der Waals surface area contributed by atoms with E-state index in [-0.39, 0.29) is 11.5 Å². The Balaban J connectivity index is 1.93. The lowest BCUT2D eigenvalue weighted by atomic mass is 9.79. The van der Waals surface area contributed by atoms with Crippen LogP contribution >= 0.6 is 23.8 Å². The number of methoxy groups -OCH3 is 1. The molecule has 0 fully saturated rings. The maximum atomic E-state index is 6.14. The van der Waals surface area contributed by atoms with E-state index in [1.54, 1.807) is 13.2 Å². The summed E-state index contributed by atoms with van der Waals surface area (Å²) in [5.41, 5.74) is 2.22. The summed E-state index contributed by atoms with van der Waals surface area (Å²) in [5, 5.41) is 7.65. The van der Waals surface area contributed by atoms with Crippen LogP contribution in [0.5, 0.6) is 5.75 Å². The molecule has 2 N–H and O–H groups in total. The molecule has 2 aromatic rings. The molecule has 0 amide bonds. The fourth-order valence-electron chi connectivity index (χ4n) is 2.96. The minimum atomic E-state index is 0.0622. The second-order valence-corrected chi connectivity index (χ2v) is 7.62. The zero-order valence-corrected chi connectivity index (χ0v) is 16.7. The van der Waals surface area contributed by atoms with Crippen molar-refractivity contribution in [3.63, 3.8) is 0 Å². The third-order valence-electron chi connectivity index (χ3n) is 4.16. The van der Waals surface area contributed by atoms with Crippen molar-refractivity contribution in [2.75, 3.05) is 12.4 Å². The van der Waals surface area contributed by atoms with Gasteiger partial charge in [-0.3, -0.25) is 0 Å². The normalized spacial score (nSPS) is 12.4. The largest absolute Gasteiger partial charge is 0.495 e. The van der Waals surface area contributed by atoms with Crippen LogP contribution in [0.1, 0.15) is 32.8 Å². The fourth-order valence-corrected chi connectivity index (χ4v) is 3.54. The van der Waals surface area contributed by atoms with Gasteiger partial charge in [0.05, 0.1) is 12.1 Å². The van der Waals surface area contributed by atoms with Gasteiger partial charge in [-0.15, -0.1) is 0 Å². The molecule has 0 saturated heterocycles. The van der Waals surface area contributed by atoms with Crippen molar-refractivity contribution in [3.8, 4) is 5.75 Å². The Bertz CT molecular complexity index is 719. The smallest absolute Gasteiger partial charge is 0.170 e. The molecule has 0 radical (unpaired) electrons. The molecule has 5 heteroatoms. The number of thiocarbonyl (C=S) groups is 1. The molecule has 1 atom stereocenters. The molecule has 3 nitrogen and oxygen atoms in total. The summed E-state index contributed by atoms with van der Waals surface area (Å²) in [5.74, 6) is 0.643. The van der Waals surface area contributed by atoms with Crippen molar-refractivity contribution in [1.29, 1.82) is 0 Å². The van der Waals surface area contributed by atoms with Gasteiger partial charge in [-0.1, -0.05) is 55.8 Å². The van der Waals surface area contributed by atoms with Crippen LogP contribution < -0.4 is 15.4 Å². The van der Waals surface area contributed by atoms with E-state index in [0.29, 0.717) is 15.9 Å². The van der Waals surface area contributed by atoms with Crippen LogP contribution in [0, 0.1) is 0 Å². The van der Waals surface area contributed by atoms with Gasteiger partial charge >= 0.3 is 0 Å². The minimum Gasteiger partial charge on any atom is -0.495 e. The number of rotatable bonds is 6. The number of benzene rings is 2.